The van der Waals surface area contributed by atoms with Crippen molar-refractivity contribution in [2.75, 3.05) is 10.6 Å². The lowest BCUT2D eigenvalue weighted by molar-refractivity contribution is -0.116. The van der Waals surface area contributed by atoms with Crippen LogP contribution in [0.4, 0.5) is 17.1 Å². The second kappa shape index (κ2) is 7.41. The van der Waals surface area contributed by atoms with Gasteiger partial charge < -0.3 is 10.6 Å². The van der Waals surface area contributed by atoms with Gasteiger partial charge in [-0.2, -0.15) is 0 Å². The van der Waals surface area contributed by atoms with E-state index in [4.69, 9.17) is 0 Å². The molecule has 0 heterocycles. The first kappa shape index (κ1) is 15.8. The predicted molar refractivity (Wildman–Crippen MR) is 89.7 cm³/mol. The molecule has 2 aromatic carbocycles. The summed E-state index contributed by atoms with van der Waals surface area (Å²) in [4.78, 5) is 22.8. The molecule has 2 N–H and O–H groups in total. The Morgan fingerprint density at radius 2 is 1.36 bits per heavy atom. The fourth-order valence-electron chi connectivity index (χ4n) is 2.04. The number of benzene rings is 2. The lowest BCUT2D eigenvalue weighted by Gasteiger charge is -2.09. The van der Waals surface area contributed by atoms with Crippen molar-refractivity contribution in [2.45, 2.75) is 26.7 Å². The minimum absolute atomic E-state index is 0.0306. The van der Waals surface area contributed by atoms with Gasteiger partial charge in [0.2, 0.25) is 5.91 Å². The summed E-state index contributed by atoms with van der Waals surface area (Å²) in [5.74, 6) is 0.0850. The van der Waals surface area contributed by atoms with E-state index in [1.807, 2.05) is 43.3 Å². The third kappa shape index (κ3) is 4.45. The normalized spacial score (nSPS) is 10.1. The fraction of sp³-hybridized carbons (Fsp3) is 0.222. The lowest BCUT2D eigenvalue weighted by Crippen LogP contribution is -2.10. The van der Waals surface area contributed by atoms with Crippen LogP contribution >= 0.6 is 0 Å². The van der Waals surface area contributed by atoms with Crippen LogP contribution in [-0.2, 0) is 4.79 Å². The summed E-state index contributed by atoms with van der Waals surface area (Å²) in [6, 6.07) is 14.9. The van der Waals surface area contributed by atoms with Crippen LogP contribution in [0.5, 0.6) is 0 Å². The molecule has 0 aliphatic rings. The minimum atomic E-state index is 0.0306. The minimum Gasteiger partial charge on any atom is -0.356 e. The second-order valence-corrected chi connectivity index (χ2v) is 5.13. The molecule has 4 heteroatoms. The van der Waals surface area contributed by atoms with E-state index in [2.05, 4.69) is 10.6 Å². The number of anilines is 3. The van der Waals surface area contributed by atoms with E-state index < -0.39 is 0 Å². The first-order chi connectivity index (χ1) is 10.6. The molecule has 0 atom stereocenters. The zero-order valence-corrected chi connectivity index (χ0v) is 12.8. The summed E-state index contributed by atoms with van der Waals surface area (Å²) in [5, 5.41) is 6.10. The molecule has 0 aromatic heterocycles. The quantitative estimate of drug-likeness (QED) is 0.778. The molecule has 2 aromatic rings. The maximum Gasteiger partial charge on any atom is 0.224 e. The highest BCUT2D eigenvalue weighted by Crippen LogP contribution is 2.19. The number of carbonyl (C=O) groups excluding carboxylic acids is 2. The monoisotopic (exact) mass is 296 g/mol. The van der Waals surface area contributed by atoms with Crippen LogP contribution in [0.2, 0.25) is 0 Å². The maximum absolute atomic E-state index is 11.5. The van der Waals surface area contributed by atoms with Crippen molar-refractivity contribution in [2.24, 2.45) is 0 Å². The number of ketones is 1. The molecule has 0 aliphatic carbocycles. The van der Waals surface area contributed by atoms with Crippen molar-refractivity contribution in [3.8, 4) is 0 Å². The topological polar surface area (TPSA) is 58.2 Å². The van der Waals surface area contributed by atoms with Gasteiger partial charge in [0.05, 0.1) is 0 Å². The number of hydrogen-bond acceptors (Lipinski definition) is 3. The van der Waals surface area contributed by atoms with E-state index in [0.717, 1.165) is 23.5 Å². The summed E-state index contributed by atoms with van der Waals surface area (Å²) < 4.78 is 0. The third-order valence-electron chi connectivity index (χ3n) is 3.23. The smallest absolute Gasteiger partial charge is 0.224 e. The Labute approximate surface area is 130 Å². The Bertz CT molecular complexity index is 646. The number of amides is 1. The zero-order chi connectivity index (χ0) is 15.9. The molecule has 0 radical (unpaired) electrons. The Kier molecular flexibility index (Phi) is 5.31. The van der Waals surface area contributed by atoms with Gasteiger partial charge in [-0.05, 0) is 61.9 Å². The van der Waals surface area contributed by atoms with Crippen LogP contribution in [0.1, 0.15) is 37.0 Å². The van der Waals surface area contributed by atoms with Crippen molar-refractivity contribution < 1.29 is 9.59 Å². The molecular formula is C18H20N2O2. The van der Waals surface area contributed by atoms with Crippen LogP contribution in [0.3, 0.4) is 0 Å². The number of nitrogens with one attached hydrogen (secondary N) is 2. The van der Waals surface area contributed by atoms with E-state index in [9.17, 15) is 9.59 Å². The van der Waals surface area contributed by atoms with Gasteiger partial charge in [-0.1, -0.05) is 6.92 Å². The van der Waals surface area contributed by atoms with Gasteiger partial charge in [0.15, 0.2) is 5.78 Å². The van der Waals surface area contributed by atoms with E-state index in [1.54, 1.807) is 19.1 Å². The molecule has 0 saturated heterocycles. The fourth-order valence-corrected chi connectivity index (χ4v) is 2.04. The average molecular weight is 296 g/mol. The number of rotatable bonds is 6. The average Bonchev–Trinajstić information content (AvgIpc) is 2.50. The first-order valence-electron chi connectivity index (χ1n) is 7.36. The highest BCUT2D eigenvalue weighted by molar-refractivity contribution is 5.94. The molecule has 1 amide bonds. The third-order valence-corrected chi connectivity index (χ3v) is 3.23. The molecule has 4 nitrogen and oxygen atoms in total. The first-order valence-corrected chi connectivity index (χ1v) is 7.36. The van der Waals surface area contributed by atoms with Gasteiger partial charge in [0, 0.05) is 29.0 Å². The Morgan fingerprint density at radius 3 is 1.86 bits per heavy atom. The van der Waals surface area contributed by atoms with Crippen molar-refractivity contribution in [3.05, 3.63) is 54.1 Å². The largest absolute Gasteiger partial charge is 0.356 e. The molecule has 0 spiro atoms. The maximum atomic E-state index is 11.5. The summed E-state index contributed by atoms with van der Waals surface area (Å²) >= 11 is 0. The van der Waals surface area contributed by atoms with Crippen LogP contribution < -0.4 is 10.6 Å². The zero-order valence-electron chi connectivity index (χ0n) is 12.8. The molecular weight excluding hydrogens is 276 g/mol. The Hall–Kier alpha value is -2.62. The van der Waals surface area contributed by atoms with Gasteiger partial charge in [-0.25, -0.2) is 0 Å². The number of hydrogen-bond donors (Lipinski definition) is 2. The molecule has 0 saturated carbocycles. The van der Waals surface area contributed by atoms with E-state index in [-0.39, 0.29) is 11.7 Å². The van der Waals surface area contributed by atoms with Gasteiger partial charge in [-0.3, -0.25) is 9.59 Å². The standard InChI is InChI=1S/C18H20N2O2/c1-3-4-18(22)20-17-11-9-16(10-12-17)19-15-7-5-14(6-8-15)13(2)21/h5-12,19H,3-4H2,1-2H3,(H,20,22). The highest BCUT2D eigenvalue weighted by Gasteiger charge is 2.02. The van der Waals surface area contributed by atoms with Gasteiger partial charge in [0.25, 0.3) is 0 Å². The van der Waals surface area contributed by atoms with Gasteiger partial charge in [-0.15, -0.1) is 0 Å². The van der Waals surface area contributed by atoms with Crippen LogP contribution in [-0.4, -0.2) is 11.7 Å². The van der Waals surface area contributed by atoms with Crippen LogP contribution in [0, 0.1) is 0 Å². The van der Waals surface area contributed by atoms with E-state index in [1.165, 1.54) is 0 Å². The van der Waals surface area contributed by atoms with E-state index in [0.29, 0.717) is 12.0 Å². The molecule has 0 unspecified atom stereocenters. The van der Waals surface area contributed by atoms with Gasteiger partial charge in [0.1, 0.15) is 0 Å². The summed E-state index contributed by atoms with van der Waals surface area (Å²) in [5.41, 5.74) is 3.31. The van der Waals surface area contributed by atoms with Crippen LogP contribution in [0.25, 0.3) is 0 Å². The molecule has 22 heavy (non-hydrogen) atoms. The second-order valence-electron chi connectivity index (χ2n) is 5.13. The number of Topliss-reactive ketones (excluding diaryl/α,β-unsaturated/α-hetero) is 1. The van der Waals surface area contributed by atoms with Crippen molar-refractivity contribution in [3.63, 3.8) is 0 Å². The van der Waals surface area contributed by atoms with Crippen LogP contribution in [0.15, 0.2) is 48.5 Å². The highest BCUT2D eigenvalue weighted by atomic mass is 16.1. The molecule has 0 bridgehead atoms. The molecule has 0 aliphatic heterocycles. The number of carbonyl (C=O) groups is 2. The van der Waals surface area contributed by atoms with Crippen molar-refractivity contribution in [1.29, 1.82) is 0 Å². The predicted octanol–water partition coefficient (Wildman–Crippen LogP) is 4.37. The summed E-state index contributed by atoms with van der Waals surface area (Å²) in [6.07, 6.45) is 1.37. The SMILES string of the molecule is CCCC(=O)Nc1ccc(Nc2ccc(C(C)=O)cc2)cc1. The lowest BCUT2D eigenvalue weighted by atomic mass is 10.1. The van der Waals surface area contributed by atoms with Crippen molar-refractivity contribution in [1.82, 2.24) is 0 Å². The molecule has 114 valence electrons. The molecule has 0 fully saturated rings. The van der Waals surface area contributed by atoms with Gasteiger partial charge >= 0.3 is 0 Å². The summed E-state index contributed by atoms with van der Waals surface area (Å²) in [7, 11) is 0. The summed E-state index contributed by atoms with van der Waals surface area (Å²) in [6.45, 7) is 3.53. The molecule has 2 rings (SSSR count). The Morgan fingerprint density at radius 1 is 0.864 bits per heavy atom. The van der Waals surface area contributed by atoms with E-state index >= 15 is 0 Å². The van der Waals surface area contributed by atoms with Crippen molar-refractivity contribution >= 4 is 28.8 Å². The Balaban J connectivity index is 1.98.